The number of allylic oxidation sites excluding steroid dienone is 2. The summed E-state index contributed by atoms with van der Waals surface area (Å²) in [5.41, 5.74) is 3.08. The fraction of sp³-hybridized carbons (Fsp3) is 0.778. The van der Waals surface area contributed by atoms with E-state index in [1.165, 1.54) is 12.8 Å². The molecule has 0 aromatic heterocycles. The molecule has 0 aliphatic heterocycles. The molecule has 1 aliphatic carbocycles. The predicted octanol–water partition coefficient (Wildman–Crippen LogP) is 2.12. The van der Waals surface area contributed by atoms with Crippen molar-refractivity contribution in [1.29, 1.82) is 0 Å². The maximum absolute atomic E-state index is 8.68. The van der Waals surface area contributed by atoms with Gasteiger partial charge in [0.05, 0.1) is 0 Å². The molecule has 58 valence electrons. The number of rotatable bonds is 2. The summed E-state index contributed by atoms with van der Waals surface area (Å²) in [5, 5.41) is 8.68. The molecule has 10 heavy (non-hydrogen) atoms. The molecule has 0 saturated heterocycles. The van der Waals surface area contributed by atoms with Gasteiger partial charge < -0.3 is 5.11 Å². The van der Waals surface area contributed by atoms with Crippen molar-refractivity contribution in [2.75, 3.05) is 6.61 Å². The Morgan fingerprint density at radius 1 is 1.30 bits per heavy atom. The highest BCUT2D eigenvalue weighted by Gasteiger charge is 2.17. The Morgan fingerprint density at radius 3 is 2.20 bits per heavy atom. The summed E-state index contributed by atoms with van der Waals surface area (Å²) in [6.07, 6.45) is 3.41. The van der Waals surface area contributed by atoms with Gasteiger partial charge in [-0.25, -0.2) is 0 Å². The van der Waals surface area contributed by atoms with E-state index >= 15 is 0 Å². The van der Waals surface area contributed by atoms with Crippen molar-refractivity contribution in [2.24, 2.45) is 5.92 Å². The molecule has 0 unspecified atom stereocenters. The van der Waals surface area contributed by atoms with Crippen LogP contribution in [-0.4, -0.2) is 11.7 Å². The van der Waals surface area contributed by atoms with Crippen LogP contribution < -0.4 is 0 Å². The SMILES string of the molecule is CC1=C(C)CC(CCO)C1. The highest BCUT2D eigenvalue weighted by molar-refractivity contribution is 5.16. The van der Waals surface area contributed by atoms with Gasteiger partial charge in [0, 0.05) is 6.61 Å². The van der Waals surface area contributed by atoms with E-state index in [0.29, 0.717) is 6.61 Å². The molecule has 0 aromatic carbocycles. The Hall–Kier alpha value is -0.300. The fourth-order valence-electron chi connectivity index (χ4n) is 1.67. The van der Waals surface area contributed by atoms with Crippen LogP contribution in [0.4, 0.5) is 0 Å². The molecular weight excluding hydrogens is 124 g/mol. The molecule has 0 radical (unpaired) electrons. The topological polar surface area (TPSA) is 20.2 Å². The lowest BCUT2D eigenvalue weighted by Crippen LogP contribution is -1.97. The zero-order valence-corrected chi connectivity index (χ0v) is 6.85. The van der Waals surface area contributed by atoms with Gasteiger partial charge in [0.1, 0.15) is 0 Å². The standard InChI is InChI=1S/C9H16O/c1-7-5-9(3-4-10)6-8(7)2/h9-10H,3-6H2,1-2H3. The number of hydrogen-bond donors (Lipinski definition) is 1. The molecule has 0 bridgehead atoms. The molecule has 0 amide bonds. The van der Waals surface area contributed by atoms with Gasteiger partial charge in [0.15, 0.2) is 0 Å². The monoisotopic (exact) mass is 140 g/mol. The van der Waals surface area contributed by atoms with E-state index in [1.54, 1.807) is 11.1 Å². The zero-order valence-electron chi connectivity index (χ0n) is 6.85. The average molecular weight is 140 g/mol. The third-order valence-corrected chi connectivity index (χ3v) is 2.46. The summed E-state index contributed by atoms with van der Waals surface area (Å²) >= 11 is 0. The first-order valence-electron chi connectivity index (χ1n) is 4.00. The first-order valence-corrected chi connectivity index (χ1v) is 4.00. The van der Waals surface area contributed by atoms with Crippen LogP contribution >= 0.6 is 0 Å². The first kappa shape index (κ1) is 7.80. The third kappa shape index (κ3) is 1.60. The van der Waals surface area contributed by atoms with Gasteiger partial charge in [-0.05, 0) is 39.0 Å². The van der Waals surface area contributed by atoms with E-state index < -0.39 is 0 Å². The van der Waals surface area contributed by atoms with Crippen molar-refractivity contribution in [3.63, 3.8) is 0 Å². The van der Waals surface area contributed by atoms with Gasteiger partial charge in [-0.15, -0.1) is 0 Å². The highest BCUT2D eigenvalue weighted by atomic mass is 16.3. The minimum Gasteiger partial charge on any atom is -0.396 e. The molecule has 0 spiro atoms. The molecule has 0 aromatic rings. The molecule has 0 fully saturated rings. The zero-order chi connectivity index (χ0) is 7.56. The molecule has 0 atom stereocenters. The van der Waals surface area contributed by atoms with Crippen LogP contribution in [-0.2, 0) is 0 Å². The van der Waals surface area contributed by atoms with E-state index in [4.69, 9.17) is 5.11 Å². The third-order valence-electron chi connectivity index (χ3n) is 2.46. The van der Waals surface area contributed by atoms with Gasteiger partial charge in [-0.1, -0.05) is 11.1 Å². The van der Waals surface area contributed by atoms with Crippen molar-refractivity contribution in [2.45, 2.75) is 33.1 Å². The lowest BCUT2D eigenvalue weighted by molar-refractivity contribution is 0.259. The summed E-state index contributed by atoms with van der Waals surface area (Å²) in [6.45, 7) is 4.75. The summed E-state index contributed by atoms with van der Waals surface area (Å²) in [6, 6.07) is 0. The second-order valence-corrected chi connectivity index (χ2v) is 3.35. The van der Waals surface area contributed by atoms with Crippen molar-refractivity contribution in [1.82, 2.24) is 0 Å². The molecular formula is C9H16O. The van der Waals surface area contributed by atoms with Crippen LogP contribution in [0.15, 0.2) is 11.1 Å². The van der Waals surface area contributed by atoms with Gasteiger partial charge in [-0.3, -0.25) is 0 Å². The van der Waals surface area contributed by atoms with Crippen LogP contribution in [0.5, 0.6) is 0 Å². The lowest BCUT2D eigenvalue weighted by atomic mass is 10.0. The van der Waals surface area contributed by atoms with E-state index in [-0.39, 0.29) is 0 Å². The normalized spacial score (nSPS) is 20.7. The molecule has 1 N–H and O–H groups in total. The Bertz CT molecular complexity index is 133. The van der Waals surface area contributed by atoms with Gasteiger partial charge in [0.25, 0.3) is 0 Å². The quantitative estimate of drug-likeness (QED) is 0.582. The average Bonchev–Trinajstić information content (AvgIpc) is 2.14. The largest absolute Gasteiger partial charge is 0.396 e. The van der Waals surface area contributed by atoms with Crippen LogP contribution in [0.25, 0.3) is 0 Å². The second-order valence-electron chi connectivity index (χ2n) is 3.35. The van der Waals surface area contributed by atoms with Gasteiger partial charge in [-0.2, -0.15) is 0 Å². The van der Waals surface area contributed by atoms with Crippen LogP contribution in [0.2, 0.25) is 0 Å². The Labute approximate surface area is 62.8 Å². The summed E-state index contributed by atoms with van der Waals surface area (Å²) in [4.78, 5) is 0. The lowest BCUT2D eigenvalue weighted by Gasteiger charge is -2.05. The minimum absolute atomic E-state index is 0.352. The Kier molecular flexibility index (Phi) is 2.50. The minimum atomic E-state index is 0.352. The number of hydrogen-bond acceptors (Lipinski definition) is 1. The first-order chi connectivity index (χ1) is 4.74. The maximum Gasteiger partial charge on any atom is 0.0433 e. The molecule has 1 heteroatoms. The molecule has 1 rings (SSSR count). The molecule has 1 aliphatic rings. The van der Waals surface area contributed by atoms with Crippen molar-refractivity contribution in [3.05, 3.63) is 11.1 Å². The molecule has 1 nitrogen and oxygen atoms in total. The van der Waals surface area contributed by atoms with Crippen molar-refractivity contribution < 1.29 is 5.11 Å². The number of aliphatic hydroxyl groups excluding tert-OH is 1. The van der Waals surface area contributed by atoms with E-state index in [2.05, 4.69) is 13.8 Å². The van der Waals surface area contributed by atoms with Crippen molar-refractivity contribution in [3.8, 4) is 0 Å². The van der Waals surface area contributed by atoms with Crippen LogP contribution in [0.3, 0.4) is 0 Å². The Balaban J connectivity index is 2.36. The number of aliphatic hydroxyl groups is 1. The summed E-state index contributed by atoms with van der Waals surface area (Å²) < 4.78 is 0. The maximum atomic E-state index is 8.68. The van der Waals surface area contributed by atoms with Crippen LogP contribution in [0, 0.1) is 5.92 Å². The molecule has 0 saturated carbocycles. The summed E-state index contributed by atoms with van der Waals surface area (Å²) in [7, 11) is 0. The van der Waals surface area contributed by atoms with Crippen LogP contribution in [0.1, 0.15) is 33.1 Å². The van der Waals surface area contributed by atoms with Crippen molar-refractivity contribution >= 4 is 0 Å². The van der Waals surface area contributed by atoms with Gasteiger partial charge in [0.2, 0.25) is 0 Å². The molecule has 0 heterocycles. The van der Waals surface area contributed by atoms with E-state index in [1.807, 2.05) is 0 Å². The van der Waals surface area contributed by atoms with E-state index in [0.717, 1.165) is 12.3 Å². The second kappa shape index (κ2) is 3.20. The van der Waals surface area contributed by atoms with Gasteiger partial charge >= 0.3 is 0 Å². The fourth-order valence-corrected chi connectivity index (χ4v) is 1.67. The summed E-state index contributed by atoms with van der Waals surface area (Å²) in [5.74, 6) is 0.741. The Morgan fingerprint density at radius 2 is 1.80 bits per heavy atom. The highest BCUT2D eigenvalue weighted by Crippen LogP contribution is 2.32. The smallest absolute Gasteiger partial charge is 0.0433 e. The van der Waals surface area contributed by atoms with E-state index in [9.17, 15) is 0 Å². The predicted molar refractivity (Wildman–Crippen MR) is 42.8 cm³/mol.